The highest BCUT2D eigenvalue weighted by molar-refractivity contribution is 5.96. The van der Waals surface area contributed by atoms with Gasteiger partial charge in [0, 0.05) is 24.6 Å². The number of rotatable bonds is 5. The Labute approximate surface area is 122 Å². The Bertz CT molecular complexity index is 662. The highest BCUT2D eigenvalue weighted by Crippen LogP contribution is 2.18. The zero-order valence-electron chi connectivity index (χ0n) is 12.0. The van der Waals surface area contributed by atoms with E-state index in [-0.39, 0.29) is 17.9 Å². The minimum atomic E-state index is -1.01. The number of anilines is 1. The minimum Gasteiger partial charge on any atom is -0.478 e. The van der Waals surface area contributed by atoms with Gasteiger partial charge in [-0.1, -0.05) is 0 Å². The largest absolute Gasteiger partial charge is 0.478 e. The Kier molecular flexibility index (Phi) is 4.37. The van der Waals surface area contributed by atoms with Crippen molar-refractivity contribution in [3.05, 3.63) is 47.5 Å². The second-order valence-corrected chi connectivity index (χ2v) is 4.69. The summed E-state index contributed by atoms with van der Waals surface area (Å²) in [7, 11) is 0. The highest BCUT2D eigenvalue weighted by atomic mass is 16.4. The Morgan fingerprint density at radius 1 is 1.43 bits per heavy atom. The first kappa shape index (κ1) is 14.8. The lowest BCUT2D eigenvalue weighted by Gasteiger charge is -2.09. The first-order chi connectivity index (χ1) is 10.0. The molecule has 6 nitrogen and oxygen atoms in total. The molecule has 0 saturated heterocycles. The summed E-state index contributed by atoms with van der Waals surface area (Å²) in [5.41, 5.74) is 1.97. The van der Waals surface area contributed by atoms with E-state index in [1.165, 1.54) is 0 Å². The molecule has 0 atom stereocenters. The molecule has 0 radical (unpaired) electrons. The maximum absolute atomic E-state index is 12.1. The number of hydrogen-bond acceptors (Lipinski definition) is 3. The average Bonchev–Trinajstić information content (AvgIpc) is 2.75. The van der Waals surface area contributed by atoms with Gasteiger partial charge in [0.05, 0.1) is 23.9 Å². The first-order valence-corrected chi connectivity index (χ1v) is 6.64. The van der Waals surface area contributed by atoms with Crippen molar-refractivity contribution in [3.63, 3.8) is 0 Å². The number of carboxylic acids is 1. The first-order valence-electron chi connectivity index (χ1n) is 6.64. The molecule has 2 N–H and O–H groups in total. The number of aryl methyl sites for hydroxylation is 2. The van der Waals surface area contributed by atoms with Gasteiger partial charge in [-0.2, -0.15) is 0 Å². The van der Waals surface area contributed by atoms with Gasteiger partial charge < -0.3 is 15.0 Å². The van der Waals surface area contributed by atoms with Crippen LogP contribution in [0.15, 0.2) is 30.7 Å². The standard InChI is InChI=1S/C15H17N3O3/c1-3-18-9-10(2)14(15(20)21)12(18)7-13(19)17-11-5-4-6-16-8-11/h4-6,8-9H,3,7H2,1-2H3,(H,17,19)(H,20,21). The van der Waals surface area contributed by atoms with Gasteiger partial charge in [0.1, 0.15) is 0 Å². The molecular formula is C15H17N3O3. The molecule has 1 amide bonds. The third-order valence-corrected chi connectivity index (χ3v) is 3.21. The number of carbonyl (C=O) groups is 2. The predicted octanol–water partition coefficient (Wildman–Crippen LogP) is 2.09. The molecule has 2 rings (SSSR count). The van der Waals surface area contributed by atoms with Crippen LogP contribution in [0.5, 0.6) is 0 Å². The maximum atomic E-state index is 12.1. The van der Waals surface area contributed by atoms with Crippen molar-refractivity contribution in [2.24, 2.45) is 0 Å². The van der Waals surface area contributed by atoms with Crippen molar-refractivity contribution >= 4 is 17.6 Å². The summed E-state index contributed by atoms with van der Waals surface area (Å²) in [4.78, 5) is 27.4. The summed E-state index contributed by atoms with van der Waals surface area (Å²) in [5.74, 6) is -1.28. The predicted molar refractivity (Wildman–Crippen MR) is 78.4 cm³/mol. The van der Waals surface area contributed by atoms with Crippen molar-refractivity contribution in [1.82, 2.24) is 9.55 Å². The lowest BCUT2D eigenvalue weighted by Crippen LogP contribution is -2.18. The number of carbonyl (C=O) groups excluding carboxylic acids is 1. The van der Waals surface area contributed by atoms with Crippen LogP contribution in [0.1, 0.15) is 28.5 Å². The minimum absolute atomic E-state index is 0.0121. The molecule has 2 heterocycles. The molecule has 0 aromatic carbocycles. The molecule has 21 heavy (non-hydrogen) atoms. The van der Waals surface area contributed by atoms with E-state index in [2.05, 4.69) is 10.3 Å². The van der Waals surface area contributed by atoms with Crippen LogP contribution >= 0.6 is 0 Å². The van der Waals surface area contributed by atoms with Crippen molar-refractivity contribution < 1.29 is 14.7 Å². The molecule has 2 aromatic heterocycles. The molecule has 0 fully saturated rings. The fourth-order valence-corrected chi connectivity index (χ4v) is 2.31. The van der Waals surface area contributed by atoms with E-state index in [4.69, 9.17) is 0 Å². The number of aromatic nitrogens is 2. The Hall–Kier alpha value is -2.63. The van der Waals surface area contributed by atoms with E-state index in [0.717, 1.165) is 0 Å². The van der Waals surface area contributed by atoms with Gasteiger partial charge in [-0.3, -0.25) is 9.78 Å². The fraction of sp³-hybridized carbons (Fsp3) is 0.267. The number of amides is 1. The van der Waals surface area contributed by atoms with Gasteiger partial charge in [-0.25, -0.2) is 4.79 Å². The molecule has 0 bridgehead atoms. The SMILES string of the molecule is CCn1cc(C)c(C(=O)O)c1CC(=O)Nc1cccnc1. The number of carboxylic acid groups (broad SMARTS) is 1. The number of nitrogens with zero attached hydrogens (tertiary/aromatic N) is 2. The van der Waals surface area contributed by atoms with Crippen LogP contribution in [-0.2, 0) is 17.8 Å². The molecule has 2 aromatic rings. The van der Waals surface area contributed by atoms with Crippen LogP contribution in [0.25, 0.3) is 0 Å². The molecule has 0 aliphatic rings. The second-order valence-electron chi connectivity index (χ2n) is 4.69. The molecule has 110 valence electrons. The van der Waals surface area contributed by atoms with E-state index in [1.807, 2.05) is 6.92 Å². The van der Waals surface area contributed by atoms with Gasteiger partial charge in [-0.05, 0) is 31.5 Å². The zero-order valence-corrected chi connectivity index (χ0v) is 12.0. The van der Waals surface area contributed by atoms with Crippen LogP contribution in [0.2, 0.25) is 0 Å². The van der Waals surface area contributed by atoms with E-state index in [9.17, 15) is 14.7 Å². The van der Waals surface area contributed by atoms with Crippen LogP contribution in [0, 0.1) is 6.92 Å². The van der Waals surface area contributed by atoms with E-state index in [0.29, 0.717) is 23.5 Å². The summed E-state index contributed by atoms with van der Waals surface area (Å²) in [6.07, 6.45) is 4.93. The maximum Gasteiger partial charge on any atom is 0.337 e. The van der Waals surface area contributed by atoms with Crippen LogP contribution in [0.4, 0.5) is 5.69 Å². The van der Waals surface area contributed by atoms with Gasteiger partial charge >= 0.3 is 5.97 Å². The number of aromatic carboxylic acids is 1. The van der Waals surface area contributed by atoms with E-state index < -0.39 is 5.97 Å². The van der Waals surface area contributed by atoms with Crippen LogP contribution < -0.4 is 5.32 Å². The highest BCUT2D eigenvalue weighted by Gasteiger charge is 2.20. The molecule has 0 saturated carbocycles. The smallest absolute Gasteiger partial charge is 0.337 e. The third kappa shape index (κ3) is 3.28. The van der Waals surface area contributed by atoms with Crippen molar-refractivity contribution in [2.45, 2.75) is 26.8 Å². The average molecular weight is 287 g/mol. The van der Waals surface area contributed by atoms with E-state index >= 15 is 0 Å². The fourth-order valence-electron chi connectivity index (χ4n) is 2.31. The molecule has 0 spiro atoms. The summed E-state index contributed by atoms with van der Waals surface area (Å²) in [6.45, 7) is 4.26. The van der Waals surface area contributed by atoms with E-state index in [1.54, 1.807) is 42.2 Å². The summed E-state index contributed by atoms with van der Waals surface area (Å²) < 4.78 is 1.79. The Morgan fingerprint density at radius 3 is 2.76 bits per heavy atom. The lowest BCUT2D eigenvalue weighted by molar-refractivity contribution is -0.115. The van der Waals surface area contributed by atoms with Gasteiger partial charge in [0.15, 0.2) is 0 Å². The zero-order chi connectivity index (χ0) is 15.4. The van der Waals surface area contributed by atoms with Crippen molar-refractivity contribution in [1.29, 1.82) is 0 Å². The van der Waals surface area contributed by atoms with Gasteiger partial charge in [0.2, 0.25) is 5.91 Å². The normalized spacial score (nSPS) is 10.4. The third-order valence-electron chi connectivity index (χ3n) is 3.21. The Morgan fingerprint density at radius 2 is 2.19 bits per heavy atom. The monoisotopic (exact) mass is 287 g/mol. The van der Waals surface area contributed by atoms with Crippen molar-refractivity contribution in [2.75, 3.05) is 5.32 Å². The number of hydrogen-bond donors (Lipinski definition) is 2. The molecule has 0 unspecified atom stereocenters. The van der Waals surface area contributed by atoms with Crippen LogP contribution in [0.3, 0.4) is 0 Å². The molecule has 0 aliphatic heterocycles. The molecule has 6 heteroatoms. The van der Waals surface area contributed by atoms with Gasteiger partial charge in [-0.15, -0.1) is 0 Å². The summed E-state index contributed by atoms with van der Waals surface area (Å²) >= 11 is 0. The molecule has 0 aliphatic carbocycles. The number of pyridine rings is 1. The van der Waals surface area contributed by atoms with Crippen LogP contribution in [-0.4, -0.2) is 26.5 Å². The van der Waals surface area contributed by atoms with Crippen molar-refractivity contribution in [3.8, 4) is 0 Å². The quantitative estimate of drug-likeness (QED) is 0.882. The lowest BCUT2D eigenvalue weighted by atomic mass is 10.1. The second kappa shape index (κ2) is 6.21. The summed E-state index contributed by atoms with van der Waals surface area (Å²) in [6, 6.07) is 3.45. The number of nitrogens with one attached hydrogen (secondary N) is 1. The summed E-state index contributed by atoms with van der Waals surface area (Å²) in [5, 5.41) is 12.0. The van der Waals surface area contributed by atoms with Gasteiger partial charge in [0.25, 0.3) is 0 Å². The topological polar surface area (TPSA) is 84.2 Å². The molecular weight excluding hydrogens is 270 g/mol. The Balaban J connectivity index is 2.22.